The Morgan fingerprint density at radius 2 is 1.95 bits per heavy atom. The highest BCUT2D eigenvalue weighted by Crippen LogP contribution is 2.47. The SMILES string of the molecule is CN(C)Cc1ccc(-c2nc(-c3c[nH]c4ncc(F)cc34)nc(NC3C4CCC(CC4)C3C(=O)O)c2F)s1. The lowest BCUT2D eigenvalue weighted by atomic mass is 9.61. The fraction of sp³-hybridized carbons (Fsp3) is 0.407. The number of thiophene rings is 1. The number of carboxylic acids is 1. The predicted octanol–water partition coefficient (Wildman–Crippen LogP) is 5.39. The summed E-state index contributed by atoms with van der Waals surface area (Å²) >= 11 is 1.44. The number of carboxylic acid groups (broad SMARTS) is 1. The van der Waals surface area contributed by atoms with Crippen molar-refractivity contribution < 1.29 is 18.7 Å². The van der Waals surface area contributed by atoms with E-state index in [1.807, 2.05) is 31.1 Å². The molecule has 8 nitrogen and oxygen atoms in total. The van der Waals surface area contributed by atoms with E-state index in [0.29, 0.717) is 28.0 Å². The second-order valence-electron chi connectivity index (χ2n) is 10.5. The number of nitrogens with one attached hydrogen (secondary N) is 2. The van der Waals surface area contributed by atoms with Crippen LogP contribution in [0.15, 0.2) is 30.6 Å². The standard InChI is InChI=1S/C27H28F2N6O2S/c1-35(2)12-16-7-8-19(38-16)23-21(29)26(32-22-14-5-3-13(4-6-14)20(22)27(36)37)34-25(33-23)18-11-31-24-17(18)9-15(28)10-30-24/h7-11,13-14,20,22H,3-6,12H2,1-2H3,(H,30,31)(H,36,37)(H,32,33,34). The molecule has 2 unspecified atom stereocenters. The molecule has 3 aliphatic carbocycles. The maximum atomic E-state index is 16.1. The van der Waals surface area contributed by atoms with Crippen molar-refractivity contribution in [3.63, 3.8) is 0 Å². The first-order valence-corrected chi connectivity index (χ1v) is 13.5. The van der Waals surface area contributed by atoms with Crippen LogP contribution >= 0.6 is 11.3 Å². The molecule has 3 saturated carbocycles. The highest BCUT2D eigenvalue weighted by molar-refractivity contribution is 7.15. The number of aromatic nitrogens is 4. The zero-order valence-electron chi connectivity index (χ0n) is 21.0. The van der Waals surface area contributed by atoms with Crippen LogP contribution in [0.5, 0.6) is 0 Å². The van der Waals surface area contributed by atoms with Crippen molar-refractivity contribution >= 4 is 34.2 Å². The molecule has 2 atom stereocenters. The molecule has 0 aliphatic heterocycles. The molecular weight excluding hydrogens is 510 g/mol. The van der Waals surface area contributed by atoms with Crippen molar-refractivity contribution in [1.29, 1.82) is 0 Å². The number of halogens is 2. The van der Waals surface area contributed by atoms with Gasteiger partial charge in [-0.05, 0) is 69.8 Å². The molecule has 11 heteroatoms. The molecule has 198 valence electrons. The van der Waals surface area contributed by atoms with Crippen LogP contribution in [0.4, 0.5) is 14.6 Å². The Balaban J connectivity index is 1.48. The van der Waals surface area contributed by atoms with Crippen molar-refractivity contribution in [1.82, 2.24) is 24.8 Å². The van der Waals surface area contributed by atoms with Gasteiger partial charge in [0.05, 0.1) is 17.0 Å². The van der Waals surface area contributed by atoms with Gasteiger partial charge in [-0.25, -0.2) is 23.7 Å². The molecular formula is C27H28F2N6O2S. The molecule has 0 saturated heterocycles. The zero-order valence-corrected chi connectivity index (χ0v) is 21.9. The molecule has 7 rings (SSSR count). The maximum Gasteiger partial charge on any atom is 0.308 e. The summed E-state index contributed by atoms with van der Waals surface area (Å²) in [6, 6.07) is 4.69. The minimum atomic E-state index is -0.864. The van der Waals surface area contributed by atoms with E-state index in [1.54, 1.807) is 6.20 Å². The van der Waals surface area contributed by atoms with Crippen LogP contribution in [0.3, 0.4) is 0 Å². The van der Waals surface area contributed by atoms with Gasteiger partial charge in [0, 0.05) is 34.6 Å². The average Bonchev–Trinajstić information content (AvgIpc) is 3.52. The van der Waals surface area contributed by atoms with Gasteiger partial charge in [-0.2, -0.15) is 0 Å². The molecule has 38 heavy (non-hydrogen) atoms. The number of hydrogen-bond donors (Lipinski definition) is 3. The van der Waals surface area contributed by atoms with E-state index in [0.717, 1.165) is 36.8 Å². The number of aromatic amines is 1. The van der Waals surface area contributed by atoms with E-state index in [9.17, 15) is 14.3 Å². The molecule has 3 N–H and O–H groups in total. The summed E-state index contributed by atoms with van der Waals surface area (Å²) in [5, 5.41) is 13.7. The lowest BCUT2D eigenvalue weighted by molar-refractivity contribution is -0.148. The molecule has 0 amide bonds. The van der Waals surface area contributed by atoms with E-state index < -0.39 is 29.6 Å². The van der Waals surface area contributed by atoms with Crippen molar-refractivity contribution in [2.45, 2.75) is 38.3 Å². The summed E-state index contributed by atoms with van der Waals surface area (Å²) in [5.41, 5.74) is 1.07. The third-order valence-corrected chi connectivity index (χ3v) is 8.84. The summed E-state index contributed by atoms with van der Waals surface area (Å²) in [4.78, 5) is 32.2. The van der Waals surface area contributed by atoms with Gasteiger partial charge < -0.3 is 20.3 Å². The number of aliphatic carboxylic acids is 1. The van der Waals surface area contributed by atoms with Crippen LogP contribution in [0.1, 0.15) is 30.6 Å². The number of H-pyrrole nitrogens is 1. The van der Waals surface area contributed by atoms with E-state index in [2.05, 4.69) is 25.3 Å². The van der Waals surface area contributed by atoms with Crippen molar-refractivity contribution in [3.05, 3.63) is 47.1 Å². The molecule has 4 heterocycles. The Kier molecular flexibility index (Phi) is 6.35. The Hall–Kier alpha value is -3.44. The normalized spacial score (nSPS) is 22.9. The van der Waals surface area contributed by atoms with E-state index in [1.165, 1.54) is 17.4 Å². The Morgan fingerprint density at radius 1 is 1.18 bits per heavy atom. The van der Waals surface area contributed by atoms with Crippen molar-refractivity contribution in [2.75, 3.05) is 19.4 Å². The first-order valence-electron chi connectivity index (χ1n) is 12.7. The molecule has 0 spiro atoms. The first-order chi connectivity index (χ1) is 18.3. The maximum absolute atomic E-state index is 16.1. The number of carbonyl (C=O) groups is 1. The van der Waals surface area contributed by atoms with Gasteiger partial charge in [0.15, 0.2) is 17.5 Å². The van der Waals surface area contributed by atoms with Crippen LogP contribution in [-0.2, 0) is 11.3 Å². The molecule has 4 aromatic rings. The first kappa shape index (κ1) is 24.9. The predicted molar refractivity (Wildman–Crippen MR) is 142 cm³/mol. The third-order valence-electron chi connectivity index (χ3n) is 7.76. The van der Waals surface area contributed by atoms with Gasteiger partial charge in [-0.3, -0.25) is 4.79 Å². The number of anilines is 1. The molecule has 3 aliphatic rings. The summed E-state index contributed by atoms with van der Waals surface area (Å²) in [6.07, 6.45) is 6.32. The number of fused-ring (bicyclic) bond motifs is 4. The Bertz CT molecular complexity index is 1510. The van der Waals surface area contributed by atoms with Crippen LogP contribution in [0, 0.1) is 29.4 Å². The molecule has 0 radical (unpaired) electrons. The summed E-state index contributed by atoms with van der Waals surface area (Å²) < 4.78 is 30.2. The zero-order chi connectivity index (χ0) is 26.6. The highest BCUT2D eigenvalue weighted by Gasteiger charge is 2.47. The van der Waals surface area contributed by atoms with Crippen LogP contribution in [0.25, 0.3) is 33.0 Å². The fourth-order valence-corrected chi connectivity index (χ4v) is 7.17. The summed E-state index contributed by atoms with van der Waals surface area (Å²) in [5.74, 6) is -2.24. The van der Waals surface area contributed by atoms with Gasteiger partial charge >= 0.3 is 5.97 Å². The minimum absolute atomic E-state index is 0.0323. The lowest BCUT2D eigenvalue weighted by Crippen LogP contribution is -2.51. The van der Waals surface area contributed by atoms with Gasteiger partial charge in [0.25, 0.3) is 0 Å². The Labute approximate surface area is 222 Å². The third kappa shape index (κ3) is 4.43. The van der Waals surface area contributed by atoms with Crippen LogP contribution < -0.4 is 5.32 Å². The van der Waals surface area contributed by atoms with Gasteiger partial charge in [0.1, 0.15) is 17.2 Å². The van der Waals surface area contributed by atoms with Gasteiger partial charge in [-0.1, -0.05) is 0 Å². The van der Waals surface area contributed by atoms with Gasteiger partial charge in [-0.15, -0.1) is 11.3 Å². The van der Waals surface area contributed by atoms with E-state index >= 15 is 4.39 Å². The van der Waals surface area contributed by atoms with Gasteiger partial charge in [0.2, 0.25) is 0 Å². The molecule has 0 aromatic carbocycles. The van der Waals surface area contributed by atoms with E-state index in [4.69, 9.17) is 0 Å². The van der Waals surface area contributed by atoms with Crippen molar-refractivity contribution in [2.24, 2.45) is 17.8 Å². The monoisotopic (exact) mass is 538 g/mol. The van der Waals surface area contributed by atoms with E-state index in [-0.39, 0.29) is 29.2 Å². The second-order valence-corrected chi connectivity index (χ2v) is 11.7. The summed E-state index contributed by atoms with van der Waals surface area (Å²) in [6.45, 7) is 0.703. The number of rotatable bonds is 7. The molecule has 3 fully saturated rings. The molecule has 4 aromatic heterocycles. The largest absolute Gasteiger partial charge is 0.481 e. The number of hydrogen-bond acceptors (Lipinski definition) is 7. The van der Waals surface area contributed by atoms with Crippen LogP contribution in [0.2, 0.25) is 0 Å². The number of pyridine rings is 1. The highest BCUT2D eigenvalue weighted by atomic mass is 32.1. The fourth-order valence-electron chi connectivity index (χ4n) is 6.06. The molecule has 2 bridgehead atoms. The average molecular weight is 539 g/mol. The van der Waals surface area contributed by atoms with Crippen LogP contribution in [-0.4, -0.2) is 56.0 Å². The topological polar surface area (TPSA) is 107 Å². The smallest absolute Gasteiger partial charge is 0.308 e. The number of nitrogens with zero attached hydrogens (tertiary/aromatic N) is 4. The second kappa shape index (κ2) is 9.70. The van der Waals surface area contributed by atoms with Crippen molar-refractivity contribution in [3.8, 4) is 22.0 Å². The minimum Gasteiger partial charge on any atom is -0.481 e. The lowest BCUT2D eigenvalue weighted by Gasteiger charge is -2.47. The quantitative estimate of drug-likeness (QED) is 0.290. The Morgan fingerprint density at radius 3 is 2.68 bits per heavy atom. The summed E-state index contributed by atoms with van der Waals surface area (Å²) in [7, 11) is 3.93.